The summed E-state index contributed by atoms with van der Waals surface area (Å²) in [5.41, 5.74) is -1.81. The van der Waals surface area contributed by atoms with Crippen LogP contribution in [0.1, 0.15) is 59.8 Å². The van der Waals surface area contributed by atoms with Gasteiger partial charge in [0.1, 0.15) is 6.61 Å². The standard InChI is InChI=1S/C25H33BrO6/c1-5-21(31)32-25(20(30)13-27)14(2)10-18-17-7-6-15-11-16(28)8-9-22(15,3)24(17,26)19(29)12-23(18,25)4/h8-9,11,14,17-19,27,29H,5-7,10,12-13H2,1-4H3. The zero-order valence-electron chi connectivity index (χ0n) is 19.2. The number of fused-ring (bicyclic) bond motifs is 5. The second-order valence-electron chi connectivity index (χ2n) is 10.5. The molecule has 0 aromatic carbocycles. The van der Waals surface area contributed by atoms with Gasteiger partial charge in [0.2, 0.25) is 5.78 Å². The summed E-state index contributed by atoms with van der Waals surface area (Å²) in [6.07, 6.45) is 6.86. The molecular formula is C25H33BrO6. The van der Waals surface area contributed by atoms with Crippen molar-refractivity contribution in [3.8, 4) is 0 Å². The van der Waals surface area contributed by atoms with E-state index in [1.165, 1.54) is 0 Å². The number of Topliss-reactive ketones (excluding diaryl/α,β-unsaturated/α-hetero) is 1. The molecule has 4 aliphatic rings. The number of hydrogen-bond acceptors (Lipinski definition) is 6. The zero-order valence-corrected chi connectivity index (χ0v) is 20.8. The number of hydrogen-bond donors (Lipinski definition) is 2. The molecule has 3 fully saturated rings. The van der Waals surface area contributed by atoms with Gasteiger partial charge in [0.15, 0.2) is 11.4 Å². The summed E-state index contributed by atoms with van der Waals surface area (Å²) in [6, 6.07) is 0. The Labute approximate surface area is 197 Å². The van der Waals surface area contributed by atoms with Crippen LogP contribution in [0.5, 0.6) is 0 Å². The molecule has 0 amide bonds. The van der Waals surface area contributed by atoms with E-state index in [4.69, 9.17) is 4.74 Å². The number of carbonyl (C=O) groups excluding carboxylic acids is 3. The third-order valence-electron chi connectivity index (χ3n) is 9.30. The lowest BCUT2D eigenvalue weighted by atomic mass is 9.46. The van der Waals surface area contributed by atoms with Crippen LogP contribution in [0, 0.1) is 28.6 Å². The molecule has 6 nitrogen and oxygen atoms in total. The van der Waals surface area contributed by atoms with Crippen molar-refractivity contribution in [1.82, 2.24) is 0 Å². The van der Waals surface area contributed by atoms with Crippen LogP contribution in [0.15, 0.2) is 23.8 Å². The van der Waals surface area contributed by atoms with Gasteiger partial charge in [-0.2, -0.15) is 0 Å². The molecule has 0 saturated heterocycles. The molecule has 0 aliphatic heterocycles. The SMILES string of the molecule is CCC(=O)OC1(C(=O)CO)C(C)CC2C3CCC4=CC(=O)C=CC4(C)C3(Br)C(O)CC21C. The molecular weight excluding hydrogens is 476 g/mol. The van der Waals surface area contributed by atoms with Crippen molar-refractivity contribution >= 4 is 33.5 Å². The van der Waals surface area contributed by atoms with Crippen molar-refractivity contribution < 1.29 is 29.3 Å². The second-order valence-corrected chi connectivity index (χ2v) is 11.9. The van der Waals surface area contributed by atoms with Crippen molar-refractivity contribution in [1.29, 1.82) is 0 Å². The van der Waals surface area contributed by atoms with Crippen molar-refractivity contribution in [3.05, 3.63) is 23.8 Å². The maximum atomic E-state index is 13.3. The van der Waals surface area contributed by atoms with Crippen LogP contribution >= 0.6 is 15.9 Å². The van der Waals surface area contributed by atoms with Crippen molar-refractivity contribution in [3.63, 3.8) is 0 Å². The molecule has 0 heterocycles. The topological polar surface area (TPSA) is 101 Å². The van der Waals surface area contributed by atoms with Crippen molar-refractivity contribution in [2.45, 2.75) is 75.8 Å². The predicted octanol–water partition coefficient (Wildman–Crippen LogP) is 3.28. The largest absolute Gasteiger partial charge is 0.450 e. The van der Waals surface area contributed by atoms with Crippen LogP contribution in [0.2, 0.25) is 0 Å². The molecule has 4 aliphatic carbocycles. The quantitative estimate of drug-likeness (QED) is 0.446. The van der Waals surface area contributed by atoms with Crippen molar-refractivity contribution in [2.24, 2.45) is 28.6 Å². The normalized spacial score (nSPS) is 47.2. The first-order valence-electron chi connectivity index (χ1n) is 11.6. The average molecular weight is 509 g/mol. The van der Waals surface area contributed by atoms with Gasteiger partial charge in [-0.05, 0) is 49.7 Å². The Balaban J connectivity index is 1.85. The highest BCUT2D eigenvalue weighted by Crippen LogP contribution is 2.72. The molecule has 2 N–H and O–H groups in total. The van der Waals surface area contributed by atoms with Gasteiger partial charge in [-0.3, -0.25) is 14.4 Å². The minimum Gasteiger partial charge on any atom is -0.450 e. The number of aliphatic hydroxyl groups excluding tert-OH is 2. The van der Waals surface area contributed by atoms with Gasteiger partial charge < -0.3 is 14.9 Å². The second kappa shape index (κ2) is 7.60. The number of halogens is 1. The molecule has 8 atom stereocenters. The average Bonchev–Trinajstić information content (AvgIpc) is 2.96. The van der Waals surface area contributed by atoms with E-state index in [0.717, 1.165) is 18.4 Å². The minimum atomic E-state index is -1.47. The maximum absolute atomic E-state index is 13.3. The number of alkyl halides is 1. The highest BCUT2D eigenvalue weighted by Gasteiger charge is 2.76. The van der Waals surface area contributed by atoms with E-state index >= 15 is 0 Å². The number of esters is 1. The summed E-state index contributed by atoms with van der Waals surface area (Å²) in [4.78, 5) is 37.8. The Morgan fingerprint density at radius 1 is 1.28 bits per heavy atom. The number of ether oxygens (including phenoxy) is 1. The summed E-state index contributed by atoms with van der Waals surface area (Å²) >= 11 is 4.00. The van der Waals surface area contributed by atoms with E-state index in [-0.39, 0.29) is 36.4 Å². The lowest BCUT2D eigenvalue weighted by molar-refractivity contribution is -0.201. The summed E-state index contributed by atoms with van der Waals surface area (Å²) in [5.74, 6) is -1.30. The van der Waals surface area contributed by atoms with Crippen LogP contribution in [0.3, 0.4) is 0 Å². The fourth-order valence-electron chi connectivity index (χ4n) is 7.77. The molecule has 7 heteroatoms. The van der Waals surface area contributed by atoms with Crippen LogP contribution in [-0.2, 0) is 19.1 Å². The number of allylic oxidation sites excluding steroid dienone is 4. The first kappa shape index (κ1) is 23.8. The molecule has 0 aromatic heterocycles. The molecule has 4 rings (SSSR count). The van der Waals surface area contributed by atoms with Crippen LogP contribution < -0.4 is 0 Å². The molecule has 8 unspecified atom stereocenters. The van der Waals surface area contributed by atoms with Gasteiger partial charge in [0.05, 0.1) is 10.4 Å². The van der Waals surface area contributed by atoms with Gasteiger partial charge in [0.25, 0.3) is 0 Å². The van der Waals surface area contributed by atoms with E-state index in [0.29, 0.717) is 6.42 Å². The lowest BCUT2D eigenvalue weighted by Crippen LogP contribution is -2.69. The molecule has 0 bridgehead atoms. The zero-order chi connectivity index (χ0) is 23.7. The monoisotopic (exact) mass is 508 g/mol. The van der Waals surface area contributed by atoms with E-state index in [1.54, 1.807) is 19.1 Å². The highest BCUT2D eigenvalue weighted by atomic mass is 79.9. The molecule has 176 valence electrons. The number of ketones is 2. The first-order chi connectivity index (χ1) is 14.9. The molecule has 0 spiro atoms. The third kappa shape index (κ3) is 2.73. The molecule has 0 aromatic rings. The fourth-order valence-corrected chi connectivity index (χ4v) is 8.86. The Morgan fingerprint density at radius 2 is 1.97 bits per heavy atom. The lowest BCUT2D eigenvalue weighted by Gasteiger charge is -2.64. The smallest absolute Gasteiger partial charge is 0.306 e. The number of carbonyl (C=O) groups is 3. The summed E-state index contributed by atoms with van der Waals surface area (Å²) in [7, 11) is 0. The van der Waals surface area contributed by atoms with Crippen LogP contribution in [0.4, 0.5) is 0 Å². The molecule has 32 heavy (non-hydrogen) atoms. The van der Waals surface area contributed by atoms with E-state index in [1.807, 2.05) is 19.9 Å². The summed E-state index contributed by atoms with van der Waals surface area (Å²) in [6.45, 7) is 6.90. The van der Waals surface area contributed by atoms with Crippen LogP contribution in [0.25, 0.3) is 0 Å². The van der Waals surface area contributed by atoms with Gasteiger partial charge in [-0.1, -0.05) is 55.3 Å². The third-order valence-corrected chi connectivity index (χ3v) is 11.2. The Kier molecular flexibility index (Phi) is 5.66. The summed E-state index contributed by atoms with van der Waals surface area (Å²) in [5, 5.41) is 21.6. The van der Waals surface area contributed by atoms with E-state index in [9.17, 15) is 24.6 Å². The van der Waals surface area contributed by atoms with E-state index < -0.39 is 45.2 Å². The predicted molar refractivity (Wildman–Crippen MR) is 122 cm³/mol. The maximum Gasteiger partial charge on any atom is 0.306 e. The Bertz CT molecular complexity index is 925. The Morgan fingerprint density at radius 3 is 2.59 bits per heavy atom. The number of aliphatic hydroxyl groups is 2. The van der Waals surface area contributed by atoms with Crippen LogP contribution in [-0.4, -0.2) is 50.4 Å². The van der Waals surface area contributed by atoms with Gasteiger partial charge in [-0.15, -0.1) is 0 Å². The molecule has 0 radical (unpaired) electrons. The first-order valence-corrected chi connectivity index (χ1v) is 12.4. The highest BCUT2D eigenvalue weighted by molar-refractivity contribution is 9.10. The Hall–Kier alpha value is -1.31. The van der Waals surface area contributed by atoms with E-state index in [2.05, 4.69) is 22.9 Å². The summed E-state index contributed by atoms with van der Waals surface area (Å²) < 4.78 is 5.24. The van der Waals surface area contributed by atoms with Gasteiger partial charge in [0, 0.05) is 23.2 Å². The number of rotatable bonds is 4. The fraction of sp³-hybridized carbons (Fsp3) is 0.720. The molecule has 3 saturated carbocycles. The van der Waals surface area contributed by atoms with Crippen molar-refractivity contribution in [2.75, 3.05) is 6.61 Å². The van der Waals surface area contributed by atoms with Gasteiger partial charge in [-0.25, -0.2) is 0 Å². The minimum absolute atomic E-state index is 0.00704. The van der Waals surface area contributed by atoms with Gasteiger partial charge >= 0.3 is 5.97 Å².